The Morgan fingerprint density at radius 1 is 1.35 bits per heavy atom. The van der Waals surface area contributed by atoms with Crippen LogP contribution in [-0.2, 0) is 4.74 Å². The van der Waals surface area contributed by atoms with E-state index in [0.29, 0.717) is 6.42 Å². The van der Waals surface area contributed by atoms with Crippen LogP contribution in [0.5, 0.6) is 0 Å². The summed E-state index contributed by atoms with van der Waals surface area (Å²) in [5.74, 6) is -1.48. The molecule has 0 spiro atoms. The average molecular weight is 276 g/mol. The Morgan fingerprint density at radius 3 is 2.65 bits per heavy atom. The van der Waals surface area contributed by atoms with Crippen LogP contribution >= 0.6 is 0 Å². The highest BCUT2D eigenvalue weighted by Crippen LogP contribution is 2.24. The fourth-order valence-corrected chi connectivity index (χ4v) is 2.23. The van der Waals surface area contributed by atoms with Gasteiger partial charge in [0.05, 0.1) is 19.0 Å². The van der Waals surface area contributed by atoms with Crippen LogP contribution in [0.2, 0.25) is 0 Å². The van der Waals surface area contributed by atoms with E-state index in [1.54, 1.807) is 11.5 Å². The van der Waals surface area contributed by atoms with Crippen molar-refractivity contribution < 1.29 is 13.9 Å². The lowest BCUT2D eigenvalue weighted by molar-refractivity contribution is 0.0506. The monoisotopic (exact) mass is 276 g/mol. The first kappa shape index (κ1) is 14.2. The van der Waals surface area contributed by atoms with Crippen LogP contribution in [0.25, 0.3) is 0 Å². The van der Waals surface area contributed by atoms with Gasteiger partial charge in [-0.25, -0.2) is 9.78 Å². The molecule has 1 atom stereocenters. The smallest absolute Gasteiger partial charge is 0.359 e. The van der Waals surface area contributed by atoms with Gasteiger partial charge in [-0.2, -0.15) is 4.39 Å². The van der Waals surface area contributed by atoms with E-state index in [9.17, 15) is 9.18 Å². The molecule has 0 saturated heterocycles. The zero-order valence-electron chi connectivity index (χ0n) is 11.5. The Hall–Kier alpha value is -2.17. The van der Waals surface area contributed by atoms with Gasteiger partial charge in [0.25, 0.3) is 0 Å². The van der Waals surface area contributed by atoms with E-state index in [2.05, 4.69) is 4.98 Å². The lowest BCUT2D eigenvalue weighted by Gasteiger charge is -2.19. The standard InChI is InChI=1S/C15H17FN2O2/c1-3-12(11-8-6-5-7-9-11)18-10-17-14(16)13(18)15(19)20-4-2/h5-10,12H,3-4H2,1-2H3/t12-/m1/s1. The van der Waals surface area contributed by atoms with Gasteiger partial charge in [0.15, 0.2) is 5.69 Å². The first-order valence-corrected chi connectivity index (χ1v) is 6.63. The molecule has 0 unspecified atom stereocenters. The van der Waals surface area contributed by atoms with Crippen molar-refractivity contribution in [3.63, 3.8) is 0 Å². The minimum atomic E-state index is -0.794. The third kappa shape index (κ3) is 2.71. The molecule has 0 N–H and O–H groups in total. The summed E-state index contributed by atoms with van der Waals surface area (Å²) in [6, 6.07) is 9.48. The molecule has 0 bridgehead atoms. The van der Waals surface area contributed by atoms with Crippen molar-refractivity contribution >= 4 is 5.97 Å². The van der Waals surface area contributed by atoms with Gasteiger partial charge in [0.2, 0.25) is 5.95 Å². The number of rotatable bonds is 5. The first-order chi connectivity index (χ1) is 9.69. The maximum absolute atomic E-state index is 13.8. The first-order valence-electron chi connectivity index (χ1n) is 6.63. The molecule has 0 aliphatic rings. The maximum atomic E-state index is 13.8. The fourth-order valence-electron chi connectivity index (χ4n) is 2.23. The van der Waals surface area contributed by atoms with Crippen LogP contribution in [-0.4, -0.2) is 22.1 Å². The summed E-state index contributed by atoms with van der Waals surface area (Å²) in [6.45, 7) is 3.86. The van der Waals surface area contributed by atoms with E-state index < -0.39 is 11.9 Å². The number of halogens is 1. The molecule has 2 rings (SSSR count). The number of imidazole rings is 1. The van der Waals surface area contributed by atoms with Gasteiger partial charge in [0.1, 0.15) is 0 Å². The SMILES string of the molecule is CCOC(=O)c1c(F)ncn1[C@H](CC)c1ccccc1. The van der Waals surface area contributed by atoms with Crippen LogP contribution in [0.4, 0.5) is 4.39 Å². The van der Waals surface area contributed by atoms with Crippen LogP contribution < -0.4 is 0 Å². The number of benzene rings is 1. The van der Waals surface area contributed by atoms with Crippen LogP contribution in [0.1, 0.15) is 42.4 Å². The number of aromatic nitrogens is 2. The highest BCUT2D eigenvalue weighted by molar-refractivity contribution is 5.87. The Kier molecular flexibility index (Phi) is 4.50. The van der Waals surface area contributed by atoms with E-state index >= 15 is 0 Å². The van der Waals surface area contributed by atoms with Gasteiger partial charge in [0, 0.05) is 0 Å². The summed E-state index contributed by atoms with van der Waals surface area (Å²) >= 11 is 0. The molecule has 1 aromatic heterocycles. The molecule has 0 radical (unpaired) electrons. The van der Waals surface area contributed by atoms with Crippen molar-refractivity contribution in [2.75, 3.05) is 6.61 Å². The minimum absolute atomic E-state index is 0.123. The zero-order chi connectivity index (χ0) is 14.5. The molecule has 0 aliphatic heterocycles. The zero-order valence-corrected chi connectivity index (χ0v) is 11.5. The largest absolute Gasteiger partial charge is 0.461 e. The van der Waals surface area contributed by atoms with E-state index in [1.165, 1.54) is 6.33 Å². The fraction of sp³-hybridized carbons (Fsp3) is 0.333. The van der Waals surface area contributed by atoms with Gasteiger partial charge in [-0.1, -0.05) is 37.3 Å². The topological polar surface area (TPSA) is 44.1 Å². The second-order valence-electron chi connectivity index (χ2n) is 4.35. The molecule has 106 valence electrons. The Morgan fingerprint density at radius 2 is 2.05 bits per heavy atom. The van der Waals surface area contributed by atoms with E-state index in [1.807, 2.05) is 37.3 Å². The molecular weight excluding hydrogens is 259 g/mol. The molecule has 0 amide bonds. The predicted octanol–water partition coefficient (Wildman–Crippen LogP) is 3.20. The highest BCUT2D eigenvalue weighted by Gasteiger charge is 2.24. The molecule has 4 nitrogen and oxygen atoms in total. The van der Waals surface area contributed by atoms with Crippen LogP contribution in [0, 0.1) is 5.95 Å². The van der Waals surface area contributed by atoms with E-state index in [-0.39, 0.29) is 18.3 Å². The second-order valence-corrected chi connectivity index (χ2v) is 4.35. The number of hydrogen-bond donors (Lipinski definition) is 0. The number of hydrogen-bond acceptors (Lipinski definition) is 3. The van der Waals surface area contributed by atoms with Crippen LogP contribution in [0.3, 0.4) is 0 Å². The number of ether oxygens (including phenoxy) is 1. The lowest BCUT2D eigenvalue weighted by Crippen LogP contribution is -2.18. The van der Waals surface area contributed by atoms with Gasteiger partial charge in [-0.15, -0.1) is 0 Å². The average Bonchev–Trinajstić information content (AvgIpc) is 2.83. The third-order valence-electron chi connectivity index (χ3n) is 3.12. The summed E-state index contributed by atoms with van der Waals surface area (Å²) < 4.78 is 20.2. The van der Waals surface area contributed by atoms with Crippen molar-refractivity contribution in [3.8, 4) is 0 Å². The molecule has 20 heavy (non-hydrogen) atoms. The number of carbonyl (C=O) groups excluding carboxylic acids is 1. The summed E-state index contributed by atoms with van der Waals surface area (Å²) in [5.41, 5.74) is 0.875. The number of esters is 1. The van der Waals surface area contributed by atoms with Crippen molar-refractivity contribution in [1.82, 2.24) is 9.55 Å². The van der Waals surface area contributed by atoms with E-state index in [4.69, 9.17) is 4.74 Å². The molecular formula is C15H17FN2O2. The highest BCUT2D eigenvalue weighted by atomic mass is 19.1. The molecule has 0 aliphatic carbocycles. The Balaban J connectivity index is 2.43. The van der Waals surface area contributed by atoms with Crippen molar-refractivity contribution in [3.05, 3.63) is 53.9 Å². The van der Waals surface area contributed by atoms with E-state index in [0.717, 1.165) is 5.56 Å². The Bertz CT molecular complexity index is 581. The third-order valence-corrected chi connectivity index (χ3v) is 3.12. The number of nitrogens with zero attached hydrogens (tertiary/aromatic N) is 2. The van der Waals surface area contributed by atoms with Gasteiger partial charge in [-0.3, -0.25) is 0 Å². The maximum Gasteiger partial charge on any atom is 0.359 e. The summed E-state index contributed by atoms with van der Waals surface area (Å²) in [4.78, 5) is 15.5. The Labute approximate surface area is 117 Å². The predicted molar refractivity (Wildman–Crippen MR) is 73.0 cm³/mol. The molecule has 1 aromatic carbocycles. The molecule has 0 saturated carbocycles. The number of carbonyl (C=O) groups is 1. The van der Waals surface area contributed by atoms with Crippen molar-refractivity contribution in [2.45, 2.75) is 26.3 Å². The summed E-state index contributed by atoms with van der Waals surface area (Å²) in [6.07, 6.45) is 2.06. The molecule has 2 aromatic rings. The quantitative estimate of drug-likeness (QED) is 0.788. The van der Waals surface area contributed by atoms with Crippen LogP contribution in [0.15, 0.2) is 36.7 Å². The molecule has 5 heteroatoms. The van der Waals surface area contributed by atoms with Gasteiger partial charge >= 0.3 is 5.97 Å². The second kappa shape index (κ2) is 6.32. The van der Waals surface area contributed by atoms with Crippen molar-refractivity contribution in [1.29, 1.82) is 0 Å². The van der Waals surface area contributed by atoms with Crippen molar-refractivity contribution in [2.24, 2.45) is 0 Å². The normalized spacial score (nSPS) is 12.2. The summed E-state index contributed by atoms with van der Waals surface area (Å²) in [7, 11) is 0. The van der Waals surface area contributed by atoms with Gasteiger partial charge in [-0.05, 0) is 18.9 Å². The lowest BCUT2D eigenvalue weighted by atomic mass is 10.0. The van der Waals surface area contributed by atoms with Gasteiger partial charge < -0.3 is 9.30 Å². The summed E-state index contributed by atoms with van der Waals surface area (Å²) in [5, 5.41) is 0. The minimum Gasteiger partial charge on any atom is -0.461 e. The molecule has 0 fully saturated rings. The molecule has 1 heterocycles.